The van der Waals surface area contributed by atoms with E-state index >= 15 is 0 Å². The zero-order valence-corrected chi connectivity index (χ0v) is 19.5. The van der Waals surface area contributed by atoms with Crippen molar-refractivity contribution in [3.8, 4) is 5.69 Å². The molecule has 6 rings (SSSR count). The van der Waals surface area contributed by atoms with Gasteiger partial charge >= 0.3 is 0 Å². The van der Waals surface area contributed by atoms with Gasteiger partial charge in [0.25, 0.3) is 0 Å². The Morgan fingerprint density at radius 3 is 2.82 bits per heavy atom. The molecule has 5 heteroatoms. The van der Waals surface area contributed by atoms with Crippen LogP contribution in [-0.4, -0.2) is 28.3 Å². The van der Waals surface area contributed by atoms with E-state index in [1.807, 2.05) is 11.8 Å². The van der Waals surface area contributed by atoms with Gasteiger partial charge in [-0.2, -0.15) is 0 Å². The Morgan fingerprint density at radius 2 is 1.94 bits per heavy atom. The number of aromatic nitrogens is 1. The molecule has 2 aromatic carbocycles. The summed E-state index contributed by atoms with van der Waals surface area (Å²) in [5, 5.41) is 1.37. The van der Waals surface area contributed by atoms with Crippen molar-refractivity contribution in [2.45, 2.75) is 49.3 Å². The molecule has 0 radical (unpaired) electrons. The number of rotatable bonds is 5. The van der Waals surface area contributed by atoms with Crippen LogP contribution in [-0.2, 0) is 23.5 Å². The van der Waals surface area contributed by atoms with Gasteiger partial charge in [0.15, 0.2) is 5.78 Å². The van der Waals surface area contributed by atoms with E-state index in [2.05, 4.69) is 51.9 Å². The van der Waals surface area contributed by atoms with Gasteiger partial charge in [0, 0.05) is 59.8 Å². The van der Waals surface area contributed by atoms with Crippen LogP contribution in [0.25, 0.3) is 16.6 Å². The van der Waals surface area contributed by atoms with Crippen molar-refractivity contribution in [1.29, 1.82) is 0 Å². The molecule has 3 aromatic rings. The third-order valence-electron chi connectivity index (χ3n) is 7.16. The lowest BCUT2D eigenvalue weighted by Gasteiger charge is -2.28. The summed E-state index contributed by atoms with van der Waals surface area (Å²) in [5.74, 6) is 1.05. The van der Waals surface area contributed by atoms with E-state index in [4.69, 9.17) is 0 Å². The summed E-state index contributed by atoms with van der Waals surface area (Å²) in [6, 6.07) is 15.5. The minimum atomic E-state index is -0.126. The first kappa shape index (κ1) is 20.9. The van der Waals surface area contributed by atoms with Crippen molar-refractivity contribution in [2.75, 3.05) is 13.1 Å². The Bertz CT molecular complexity index is 1320. The van der Waals surface area contributed by atoms with Crippen LogP contribution in [0.1, 0.15) is 42.5 Å². The standard InChI is InChI=1S/C28H27FN2OS/c29-21-12-10-19(11-13-21)26(32)8-4-15-30-16-14-25-23(17-30)22-6-3-9-27-28(22)31(25)24-7-2-1-5-20(24)18-33-27/h1-3,5-7,9-10,12H,4,8,11,13-18H2. The number of thioether (sulfide) groups is 1. The van der Waals surface area contributed by atoms with Gasteiger partial charge in [-0.25, -0.2) is 4.39 Å². The normalized spacial score (nSPS) is 17.7. The zero-order chi connectivity index (χ0) is 22.4. The third-order valence-corrected chi connectivity index (χ3v) is 8.26. The van der Waals surface area contributed by atoms with E-state index in [0.717, 1.165) is 43.8 Å². The Hall–Kier alpha value is -2.63. The molecule has 1 aliphatic carbocycles. The predicted octanol–water partition coefficient (Wildman–Crippen LogP) is 6.52. The number of para-hydroxylation sites is 2. The Labute approximate surface area is 198 Å². The van der Waals surface area contributed by atoms with Gasteiger partial charge in [-0.1, -0.05) is 36.4 Å². The van der Waals surface area contributed by atoms with Gasteiger partial charge in [0.1, 0.15) is 5.83 Å². The molecule has 0 spiro atoms. The maximum atomic E-state index is 13.2. The summed E-state index contributed by atoms with van der Waals surface area (Å²) in [4.78, 5) is 16.4. The molecule has 0 unspecified atom stereocenters. The number of hydrogen-bond acceptors (Lipinski definition) is 3. The maximum Gasteiger partial charge on any atom is 0.158 e. The number of Topliss-reactive ketones (excluding diaryl/α,β-unsaturated/α-hetero) is 1. The number of allylic oxidation sites excluding steroid dienone is 4. The lowest BCUT2D eigenvalue weighted by Crippen LogP contribution is -2.32. The quantitative estimate of drug-likeness (QED) is 0.435. The Kier molecular flexibility index (Phi) is 5.47. The second-order valence-electron chi connectivity index (χ2n) is 9.19. The van der Waals surface area contributed by atoms with Gasteiger partial charge in [-0.15, -0.1) is 11.8 Å². The average molecular weight is 459 g/mol. The molecule has 3 nitrogen and oxygen atoms in total. The fourth-order valence-corrected chi connectivity index (χ4v) is 6.54. The van der Waals surface area contributed by atoms with Gasteiger partial charge in [0.05, 0.1) is 5.52 Å². The monoisotopic (exact) mass is 458 g/mol. The molecule has 0 fully saturated rings. The molecule has 168 valence electrons. The fourth-order valence-electron chi connectivity index (χ4n) is 5.48. The number of carbonyl (C=O) groups excluding carboxylic acids is 1. The minimum Gasteiger partial charge on any atom is -0.312 e. The Morgan fingerprint density at radius 1 is 1.03 bits per heavy atom. The number of carbonyl (C=O) groups is 1. The summed E-state index contributed by atoms with van der Waals surface area (Å²) in [6.45, 7) is 2.86. The maximum absolute atomic E-state index is 13.2. The lowest BCUT2D eigenvalue weighted by molar-refractivity contribution is -0.115. The molecule has 0 bridgehead atoms. The average Bonchev–Trinajstić information content (AvgIpc) is 3.07. The molecule has 0 N–H and O–H groups in total. The predicted molar refractivity (Wildman–Crippen MR) is 133 cm³/mol. The SMILES string of the molecule is O=C(CCCN1CCc2c(c3cccc4c3n2-c2ccccc2CS4)C1)C1=CC=C(F)CC1. The van der Waals surface area contributed by atoms with E-state index in [0.29, 0.717) is 19.3 Å². The third kappa shape index (κ3) is 3.77. The molecule has 0 amide bonds. The molecule has 2 aliphatic heterocycles. The van der Waals surface area contributed by atoms with E-state index < -0.39 is 0 Å². The summed E-state index contributed by atoms with van der Waals surface area (Å²) in [6.07, 6.45) is 6.42. The molecule has 3 heterocycles. The highest BCUT2D eigenvalue weighted by Gasteiger charge is 2.28. The topological polar surface area (TPSA) is 25.2 Å². The number of hydrogen-bond donors (Lipinski definition) is 0. The summed E-state index contributed by atoms with van der Waals surface area (Å²) < 4.78 is 15.7. The minimum absolute atomic E-state index is 0.126. The van der Waals surface area contributed by atoms with Crippen LogP contribution in [0.4, 0.5) is 4.39 Å². The number of halogens is 1. The molecule has 3 aliphatic rings. The highest BCUT2D eigenvalue weighted by molar-refractivity contribution is 7.98. The van der Waals surface area contributed by atoms with Crippen molar-refractivity contribution in [2.24, 2.45) is 0 Å². The molecule has 33 heavy (non-hydrogen) atoms. The molecule has 0 atom stereocenters. The number of nitrogens with zero attached hydrogens (tertiary/aromatic N) is 2. The summed E-state index contributed by atoms with van der Waals surface area (Å²) in [7, 11) is 0. The summed E-state index contributed by atoms with van der Waals surface area (Å²) in [5.41, 5.74) is 7.74. The second kappa shape index (κ2) is 8.62. The first-order chi connectivity index (χ1) is 16.2. The number of fused-ring (bicyclic) bond motifs is 5. The van der Waals surface area contributed by atoms with Crippen molar-refractivity contribution in [3.63, 3.8) is 0 Å². The molecular formula is C28H27FN2OS. The highest BCUT2D eigenvalue weighted by atomic mass is 32.2. The van der Waals surface area contributed by atoms with Crippen molar-refractivity contribution in [3.05, 3.63) is 82.8 Å². The van der Waals surface area contributed by atoms with Gasteiger partial charge in [-0.05, 0) is 54.3 Å². The number of benzene rings is 2. The fraction of sp³-hybridized carbons (Fsp3) is 0.321. The first-order valence-corrected chi connectivity index (χ1v) is 12.8. The molecule has 0 saturated carbocycles. The van der Waals surface area contributed by atoms with Gasteiger partial charge in [-0.3, -0.25) is 9.69 Å². The highest BCUT2D eigenvalue weighted by Crippen LogP contribution is 2.42. The molecule has 1 aromatic heterocycles. The first-order valence-electron chi connectivity index (χ1n) is 11.9. The van der Waals surface area contributed by atoms with Crippen LogP contribution in [0.3, 0.4) is 0 Å². The number of ketones is 1. The van der Waals surface area contributed by atoms with Crippen LogP contribution in [0.2, 0.25) is 0 Å². The van der Waals surface area contributed by atoms with Crippen molar-refractivity contribution in [1.82, 2.24) is 9.47 Å². The van der Waals surface area contributed by atoms with Gasteiger partial charge in [0.2, 0.25) is 0 Å². The van der Waals surface area contributed by atoms with E-state index in [1.165, 1.54) is 44.4 Å². The van der Waals surface area contributed by atoms with Crippen molar-refractivity contribution < 1.29 is 9.18 Å². The Balaban J connectivity index is 1.23. The lowest BCUT2D eigenvalue weighted by atomic mass is 9.97. The van der Waals surface area contributed by atoms with E-state index in [9.17, 15) is 9.18 Å². The van der Waals surface area contributed by atoms with Crippen LogP contribution in [0, 0.1) is 0 Å². The van der Waals surface area contributed by atoms with E-state index in [1.54, 1.807) is 6.08 Å². The second-order valence-corrected chi connectivity index (χ2v) is 10.2. The van der Waals surface area contributed by atoms with E-state index in [-0.39, 0.29) is 11.6 Å². The zero-order valence-electron chi connectivity index (χ0n) is 18.6. The van der Waals surface area contributed by atoms with Crippen LogP contribution < -0.4 is 0 Å². The largest absolute Gasteiger partial charge is 0.312 e. The molecular weight excluding hydrogens is 431 g/mol. The van der Waals surface area contributed by atoms with Crippen LogP contribution >= 0.6 is 11.8 Å². The summed E-state index contributed by atoms with van der Waals surface area (Å²) >= 11 is 1.93. The molecule has 0 saturated heterocycles. The van der Waals surface area contributed by atoms with Crippen LogP contribution in [0.5, 0.6) is 0 Å². The van der Waals surface area contributed by atoms with Gasteiger partial charge < -0.3 is 4.57 Å². The van der Waals surface area contributed by atoms with Crippen molar-refractivity contribution >= 4 is 28.4 Å². The smallest absolute Gasteiger partial charge is 0.158 e. The van der Waals surface area contributed by atoms with Crippen LogP contribution in [0.15, 0.2) is 70.9 Å².